The summed E-state index contributed by atoms with van der Waals surface area (Å²) < 4.78 is 32.9. The van der Waals surface area contributed by atoms with Gasteiger partial charge in [0.2, 0.25) is 4.80 Å². The van der Waals surface area contributed by atoms with Crippen molar-refractivity contribution in [2.24, 2.45) is 11.4 Å². The number of rotatable bonds is 6. The molecule has 0 aliphatic carbocycles. The molecular formula is C13H20N6O4S2. The van der Waals surface area contributed by atoms with Gasteiger partial charge in [-0.1, -0.05) is 13.8 Å². The van der Waals surface area contributed by atoms with Crippen LogP contribution in [0.25, 0.3) is 0 Å². The number of hydrogen-bond acceptors (Lipinski definition) is 6. The topological polar surface area (TPSA) is 120 Å². The van der Waals surface area contributed by atoms with Gasteiger partial charge in [0.15, 0.2) is 0 Å². The maximum atomic E-state index is 12.1. The molecule has 2 rings (SSSR count). The van der Waals surface area contributed by atoms with Crippen molar-refractivity contribution >= 4 is 27.6 Å². The molecule has 138 valence electrons. The Kier molecular flexibility index (Phi) is 5.95. The molecule has 0 aromatic carbocycles. The first-order valence-electron chi connectivity index (χ1n) is 7.71. The predicted octanol–water partition coefficient (Wildman–Crippen LogP) is 0.211. The largest absolute Gasteiger partial charge is 0.361 e. The van der Waals surface area contributed by atoms with Gasteiger partial charge in [0.25, 0.3) is 0 Å². The van der Waals surface area contributed by atoms with E-state index in [0.29, 0.717) is 23.5 Å². The van der Waals surface area contributed by atoms with Gasteiger partial charge in [0, 0.05) is 31.6 Å². The van der Waals surface area contributed by atoms with Gasteiger partial charge >= 0.3 is 21.9 Å². The Labute approximate surface area is 148 Å². The highest BCUT2D eigenvalue weighted by Crippen LogP contribution is 1.97. The van der Waals surface area contributed by atoms with Crippen LogP contribution in [-0.2, 0) is 30.2 Å². The summed E-state index contributed by atoms with van der Waals surface area (Å²) in [4.78, 5) is 24.4. The fourth-order valence-corrected chi connectivity index (χ4v) is 3.86. The fraction of sp³-hybridized carbons (Fsp3) is 0.538. The highest BCUT2D eigenvalue weighted by Gasteiger charge is 2.20. The summed E-state index contributed by atoms with van der Waals surface area (Å²) in [5, 5.41) is 5.57. The van der Waals surface area contributed by atoms with Gasteiger partial charge in [-0.15, -0.1) is 25.5 Å². The zero-order valence-electron chi connectivity index (χ0n) is 14.2. The Hall–Kier alpha value is -2.21. The number of hydrogen-bond donors (Lipinski definition) is 1. The third-order valence-corrected chi connectivity index (χ3v) is 5.03. The second-order valence-electron chi connectivity index (χ2n) is 5.27. The molecule has 12 heteroatoms. The highest BCUT2D eigenvalue weighted by molar-refractivity contribution is 7.88. The maximum absolute atomic E-state index is 12.1. The van der Waals surface area contributed by atoms with Crippen molar-refractivity contribution in [1.29, 1.82) is 0 Å². The van der Waals surface area contributed by atoms with Crippen molar-refractivity contribution in [2.45, 2.75) is 39.7 Å². The zero-order valence-corrected chi connectivity index (χ0v) is 15.8. The average Bonchev–Trinajstić information content (AvgIpc) is 3.06. The summed E-state index contributed by atoms with van der Waals surface area (Å²) in [6, 6.07) is -1.16. The van der Waals surface area contributed by atoms with Gasteiger partial charge in [0.1, 0.15) is 5.82 Å². The van der Waals surface area contributed by atoms with E-state index in [4.69, 9.17) is 0 Å². The Morgan fingerprint density at radius 2 is 2.08 bits per heavy atom. The van der Waals surface area contributed by atoms with Crippen LogP contribution in [0.4, 0.5) is 4.79 Å². The summed E-state index contributed by atoms with van der Waals surface area (Å²) in [5.74, 6) is 0.399. The van der Waals surface area contributed by atoms with Crippen molar-refractivity contribution < 1.29 is 13.2 Å². The molecule has 2 aromatic heterocycles. The first-order chi connectivity index (χ1) is 11.8. The monoisotopic (exact) mass is 388 g/mol. The normalized spacial score (nSPS) is 12.5. The number of aromatic nitrogens is 4. The van der Waals surface area contributed by atoms with Crippen LogP contribution >= 0.6 is 11.3 Å². The van der Waals surface area contributed by atoms with Crippen LogP contribution < -0.4 is 15.2 Å². The van der Waals surface area contributed by atoms with E-state index < -0.39 is 21.9 Å². The number of thiazole rings is 1. The summed E-state index contributed by atoms with van der Waals surface area (Å²) in [5.41, 5.74) is -0.715. The van der Waals surface area contributed by atoms with Crippen molar-refractivity contribution in [3.8, 4) is 0 Å². The molecule has 2 aromatic rings. The minimum absolute atomic E-state index is 0.238. The minimum Gasteiger partial charge on any atom is -0.323 e. The lowest BCUT2D eigenvalue weighted by molar-refractivity contribution is 0.243. The van der Waals surface area contributed by atoms with Crippen LogP contribution in [-0.4, -0.2) is 33.4 Å². The molecule has 2 heterocycles. The van der Waals surface area contributed by atoms with Crippen LogP contribution in [0.3, 0.4) is 0 Å². The quantitative estimate of drug-likeness (QED) is 0.758. The lowest BCUT2D eigenvalue weighted by Gasteiger charge is -2.02. The molecule has 0 bridgehead atoms. The molecule has 0 aliphatic rings. The number of carbonyl (C=O) groups excluding carboxylic acids is 1. The molecule has 0 fully saturated rings. The molecule has 25 heavy (non-hydrogen) atoms. The van der Waals surface area contributed by atoms with E-state index in [2.05, 4.69) is 9.50 Å². The standard InChI is InChI=1S/C13H20N6O4S2/c1-4-6-10-14-19(13(21)17(10)3)11(20)15-25(22,23)16-12-18(7-5-2)8-9-24-12/h8-9H,4-7H2,1-3H3,(H,15,20). The first-order valence-corrected chi connectivity index (χ1v) is 10.0. The second kappa shape index (κ2) is 7.78. The van der Waals surface area contributed by atoms with Gasteiger partial charge in [-0.3, -0.25) is 4.57 Å². The smallest absolute Gasteiger partial charge is 0.323 e. The second-order valence-corrected chi connectivity index (χ2v) is 7.48. The molecule has 0 unspecified atom stereocenters. The van der Waals surface area contributed by atoms with Gasteiger partial charge < -0.3 is 4.57 Å². The summed E-state index contributed by atoms with van der Waals surface area (Å²) in [7, 11) is -2.84. The van der Waals surface area contributed by atoms with Crippen molar-refractivity contribution in [1.82, 2.24) is 23.6 Å². The summed E-state index contributed by atoms with van der Waals surface area (Å²) >= 11 is 1.13. The van der Waals surface area contributed by atoms with Crippen molar-refractivity contribution in [2.75, 3.05) is 0 Å². The third-order valence-electron chi connectivity index (χ3n) is 3.28. The van der Waals surface area contributed by atoms with Gasteiger partial charge in [-0.05, 0) is 12.8 Å². The lowest BCUT2D eigenvalue weighted by atomic mass is 10.3. The van der Waals surface area contributed by atoms with Crippen LogP contribution in [0.5, 0.6) is 0 Å². The molecule has 0 radical (unpaired) electrons. The van der Waals surface area contributed by atoms with Crippen molar-refractivity contribution in [3.05, 3.63) is 32.7 Å². The van der Waals surface area contributed by atoms with Gasteiger partial charge in [-0.25, -0.2) is 14.3 Å². The van der Waals surface area contributed by atoms with E-state index in [9.17, 15) is 18.0 Å². The molecule has 0 aliphatic heterocycles. The molecule has 10 nitrogen and oxygen atoms in total. The van der Waals surface area contributed by atoms with Gasteiger partial charge in [0.05, 0.1) is 0 Å². The van der Waals surface area contributed by atoms with E-state index in [-0.39, 0.29) is 4.80 Å². The van der Waals surface area contributed by atoms with Gasteiger partial charge in [-0.2, -0.15) is 8.42 Å². The summed E-state index contributed by atoms with van der Waals surface area (Å²) in [6.07, 6.45) is 3.75. The molecule has 0 atom stereocenters. The number of aryl methyl sites for hydroxylation is 2. The average molecular weight is 388 g/mol. The molecule has 0 saturated carbocycles. The van der Waals surface area contributed by atoms with Crippen LogP contribution in [0.15, 0.2) is 20.8 Å². The Bertz CT molecular complexity index is 979. The number of amides is 1. The fourth-order valence-electron chi connectivity index (χ4n) is 2.11. The third kappa shape index (κ3) is 4.45. The van der Waals surface area contributed by atoms with Crippen LogP contribution in [0.2, 0.25) is 0 Å². The Morgan fingerprint density at radius 1 is 1.36 bits per heavy atom. The number of nitrogens with zero attached hydrogens (tertiary/aromatic N) is 5. The molecular weight excluding hydrogens is 368 g/mol. The maximum Gasteiger partial charge on any atom is 0.361 e. The number of nitrogens with one attached hydrogen (secondary N) is 1. The van der Waals surface area contributed by atoms with E-state index in [0.717, 1.165) is 24.2 Å². The predicted molar refractivity (Wildman–Crippen MR) is 92.5 cm³/mol. The SMILES string of the molecule is CCCc1nn(C(=O)NS(=O)(=O)N=c2sccn2CCC)c(=O)n1C. The van der Waals surface area contributed by atoms with E-state index >= 15 is 0 Å². The van der Waals surface area contributed by atoms with Crippen LogP contribution in [0, 0.1) is 0 Å². The lowest BCUT2D eigenvalue weighted by Crippen LogP contribution is -2.40. The molecule has 1 N–H and O–H groups in total. The van der Waals surface area contributed by atoms with E-state index in [1.165, 1.54) is 11.6 Å². The molecule has 1 amide bonds. The van der Waals surface area contributed by atoms with E-state index in [1.807, 2.05) is 13.8 Å². The first kappa shape index (κ1) is 19.1. The Balaban J connectivity index is 2.29. The highest BCUT2D eigenvalue weighted by atomic mass is 32.2. The Morgan fingerprint density at radius 3 is 2.72 bits per heavy atom. The zero-order chi connectivity index (χ0) is 18.6. The minimum atomic E-state index is -4.32. The summed E-state index contributed by atoms with van der Waals surface area (Å²) in [6.45, 7) is 4.46. The van der Waals surface area contributed by atoms with Crippen LogP contribution in [0.1, 0.15) is 32.5 Å². The number of carbonyl (C=O) groups is 1. The van der Waals surface area contributed by atoms with Crippen molar-refractivity contribution in [3.63, 3.8) is 0 Å². The van der Waals surface area contributed by atoms with E-state index in [1.54, 1.807) is 20.9 Å². The molecule has 0 spiro atoms. The molecule has 0 saturated heterocycles.